The van der Waals surface area contributed by atoms with Crippen LogP contribution in [0.1, 0.15) is 0 Å². The molecule has 2 aromatic rings. The lowest BCUT2D eigenvalue weighted by Gasteiger charge is -2.10. The molecule has 3 nitrogen and oxygen atoms in total. The summed E-state index contributed by atoms with van der Waals surface area (Å²) in [6.07, 6.45) is 0. The van der Waals surface area contributed by atoms with Crippen molar-refractivity contribution in [2.24, 2.45) is 0 Å². The summed E-state index contributed by atoms with van der Waals surface area (Å²) in [4.78, 5) is 0. The van der Waals surface area contributed by atoms with Crippen molar-refractivity contribution in [3.8, 4) is 23.0 Å². The topological polar surface area (TPSA) is 27.7 Å². The lowest BCUT2D eigenvalue weighted by atomic mass is 10.3. The van der Waals surface area contributed by atoms with Crippen LogP contribution in [0.5, 0.6) is 23.0 Å². The van der Waals surface area contributed by atoms with E-state index in [-0.39, 0.29) is 0 Å². The monoisotopic (exact) mass is 236 g/mol. The third-order valence-electron chi connectivity index (χ3n) is 2.09. The van der Waals surface area contributed by atoms with Gasteiger partial charge in [0, 0.05) is 11.4 Å². The second-order valence-corrected chi connectivity index (χ2v) is 3.86. The molecule has 0 atom stereocenters. The van der Waals surface area contributed by atoms with E-state index in [0.29, 0.717) is 11.5 Å². The zero-order valence-corrected chi connectivity index (χ0v) is 9.91. The number of hydrogen-bond donors (Lipinski definition) is 0. The quantitative estimate of drug-likeness (QED) is 0.812. The van der Waals surface area contributed by atoms with Crippen LogP contribution < -0.4 is 14.2 Å². The first-order valence-electron chi connectivity index (χ1n) is 4.75. The van der Waals surface area contributed by atoms with Crippen LogP contribution in [0, 0.1) is 0 Å². The van der Waals surface area contributed by atoms with Gasteiger partial charge in [0.25, 0.3) is 0 Å². The van der Waals surface area contributed by atoms with Crippen molar-refractivity contribution in [3.05, 3.63) is 35.0 Å². The molecule has 0 bridgehead atoms. The molecule has 84 valence electrons. The zero-order chi connectivity index (χ0) is 11.4. The molecule has 16 heavy (non-hydrogen) atoms. The number of methoxy groups -OCH3 is 2. The van der Waals surface area contributed by atoms with E-state index >= 15 is 0 Å². The highest BCUT2D eigenvalue weighted by atomic mass is 32.1. The average Bonchev–Trinajstić information content (AvgIpc) is 2.82. The minimum atomic E-state index is 0.653. The van der Waals surface area contributed by atoms with Gasteiger partial charge in [-0.25, -0.2) is 0 Å². The van der Waals surface area contributed by atoms with Crippen LogP contribution in [0.15, 0.2) is 35.0 Å². The summed E-state index contributed by atoms with van der Waals surface area (Å²) >= 11 is 1.59. The van der Waals surface area contributed by atoms with Gasteiger partial charge in [0.1, 0.15) is 11.5 Å². The average molecular weight is 236 g/mol. The maximum atomic E-state index is 5.69. The highest BCUT2D eigenvalue weighted by Gasteiger charge is 2.07. The van der Waals surface area contributed by atoms with Crippen LogP contribution in [-0.2, 0) is 0 Å². The summed E-state index contributed by atoms with van der Waals surface area (Å²) in [7, 11) is 3.23. The van der Waals surface area contributed by atoms with E-state index in [9.17, 15) is 0 Å². The van der Waals surface area contributed by atoms with Gasteiger partial charge >= 0.3 is 0 Å². The molecule has 1 heterocycles. The number of hydrogen-bond acceptors (Lipinski definition) is 4. The molecule has 0 spiro atoms. The van der Waals surface area contributed by atoms with Gasteiger partial charge in [-0.3, -0.25) is 0 Å². The summed E-state index contributed by atoms with van der Waals surface area (Å²) in [6.45, 7) is 0. The molecule has 0 unspecified atom stereocenters. The summed E-state index contributed by atoms with van der Waals surface area (Å²) in [6, 6.07) is 7.36. The Hall–Kier alpha value is -1.68. The van der Waals surface area contributed by atoms with Crippen molar-refractivity contribution < 1.29 is 14.2 Å². The molecule has 0 N–H and O–H groups in total. The summed E-state index contributed by atoms with van der Waals surface area (Å²) in [5, 5.41) is 3.89. The van der Waals surface area contributed by atoms with Gasteiger partial charge in [0.05, 0.1) is 14.2 Å². The third kappa shape index (κ3) is 2.28. The third-order valence-corrected chi connectivity index (χ3v) is 2.76. The van der Waals surface area contributed by atoms with Gasteiger partial charge in [-0.05, 0) is 23.6 Å². The Balaban J connectivity index is 2.30. The van der Waals surface area contributed by atoms with Gasteiger partial charge < -0.3 is 14.2 Å². The van der Waals surface area contributed by atoms with E-state index in [4.69, 9.17) is 14.2 Å². The fraction of sp³-hybridized carbons (Fsp3) is 0.167. The largest absolute Gasteiger partial charge is 0.497 e. The van der Waals surface area contributed by atoms with Crippen molar-refractivity contribution in [1.82, 2.24) is 0 Å². The summed E-state index contributed by atoms with van der Waals surface area (Å²) in [5.41, 5.74) is 0. The molecule has 4 heteroatoms. The number of ether oxygens (including phenoxy) is 3. The first kappa shape index (κ1) is 10.8. The molecule has 0 saturated heterocycles. The van der Waals surface area contributed by atoms with Crippen LogP contribution >= 0.6 is 11.3 Å². The van der Waals surface area contributed by atoms with Crippen LogP contribution in [0.2, 0.25) is 0 Å². The minimum Gasteiger partial charge on any atom is -0.497 e. The van der Waals surface area contributed by atoms with Gasteiger partial charge in [-0.2, -0.15) is 0 Å². The van der Waals surface area contributed by atoms with Crippen molar-refractivity contribution in [1.29, 1.82) is 0 Å². The Morgan fingerprint density at radius 1 is 0.938 bits per heavy atom. The Bertz CT molecular complexity index is 451. The second-order valence-electron chi connectivity index (χ2n) is 3.08. The van der Waals surface area contributed by atoms with Gasteiger partial charge in [-0.1, -0.05) is 0 Å². The fourth-order valence-corrected chi connectivity index (χ4v) is 1.85. The summed E-state index contributed by atoms with van der Waals surface area (Å²) in [5.74, 6) is 2.88. The normalized spacial score (nSPS) is 9.88. The standard InChI is InChI=1S/C12H12O3S/c1-13-9-3-4-11(14-2)12(7-9)15-10-5-6-16-8-10/h3-8H,1-2H3. The maximum absolute atomic E-state index is 5.69. The predicted molar refractivity (Wildman–Crippen MR) is 63.9 cm³/mol. The molecular formula is C12H12O3S. The second kappa shape index (κ2) is 4.90. The molecule has 0 aliphatic carbocycles. The van der Waals surface area contributed by atoms with Gasteiger partial charge in [0.15, 0.2) is 11.5 Å². The Morgan fingerprint density at radius 3 is 2.44 bits per heavy atom. The van der Waals surface area contributed by atoms with Crippen LogP contribution in [0.25, 0.3) is 0 Å². The highest BCUT2D eigenvalue weighted by Crippen LogP contribution is 2.35. The molecule has 1 aromatic heterocycles. The molecule has 1 aromatic carbocycles. The van der Waals surface area contributed by atoms with Crippen molar-refractivity contribution >= 4 is 11.3 Å². The van der Waals surface area contributed by atoms with Crippen molar-refractivity contribution in [3.63, 3.8) is 0 Å². The molecule has 0 aliphatic rings. The lowest BCUT2D eigenvalue weighted by Crippen LogP contribution is -1.91. The smallest absolute Gasteiger partial charge is 0.172 e. The molecule has 2 rings (SSSR count). The predicted octanol–water partition coefficient (Wildman–Crippen LogP) is 3.56. The van der Waals surface area contributed by atoms with Gasteiger partial charge in [0.2, 0.25) is 0 Å². The Labute approximate surface area is 98.2 Å². The number of thiophene rings is 1. The molecule has 0 fully saturated rings. The molecule has 0 amide bonds. The lowest BCUT2D eigenvalue weighted by molar-refractivity contribution is 0.371. The van der Waals surface area contributed by atoms with E-state index < -0.39 is 0 Å². The first-order chi connectivity index (χ1) is 7.83. The first-order valence-corrected chi connectivity index (χ1v) is 5.70. The summed E-state index contributed by atoms with van der Waals surface area (Å²) < 4.78 is 16.0. The zero-order valence-electron chi connectivity index (χ0n) is 9.10. The molecular weight excluding hydrogens is 224 g/mol. The van der Waals surface area contributed by atoms with Crippen LogP contribution in [0.4, 0.5) is 0 Å². The molecule has 0 radical (unpaired) electrons. The molecule has 0 aliphatic heterocycles. The minimum absolute atomic E-state index is 0.653. The van der Waals surface area contributed by atoms with Crippen LogP contribution in [-0.4, -0.2) is 14.2 Å². The van der Waals surface area contributed by atoms with E-state index in [0.717, 1.165) is 11.5 Å². The van der Waals surface area contributed by atoms with Crippen molar-refractivity contribution in [2.45, 2.75) is 0 Å². The van der Waals surface area contributed by atoms with E-state index in [1.54, 1.807) is 31.6 Å². The SMILES string of the molecule is COc1ccc(OC)c(Oc2ccsc2)c1. The number of rotatable bonds is 4. The molecule has 0 saturated carbocycles. The van der Waals surface area contributed by atoms with E-state index in [2.05, 4.69) is 0 Å². The Morgan fingerprint density at radius 2 is 1.81 bits per heavy atom. The fourth-order valence-electron chi connectivity index (χ4n) is 1.30. The van der Waals surface area contributed by atoms with E-state index in [1.807, 2.05) is 29.0 Å². The van der Waals surface area contributed by atoms with E-state index in [1.165, 1.54) is 0 Å². The van der Waals surface area contributed by atoms with Crippen molar-refractivity contribution in [2.75, 3.05) is 14.2 Å². The van der Waals surface area contributed by atoms with Gasteiger partial charge in [-0.15, -0.1) is 11.3 Å². The highest BCUT2D eigenvalue weighted by molar-refractivity contribution is 7.08. The Kier molecular flexibility index (Phi) is 3.31. The number of benzene rings is 1. The maximum Gasteiger partial charge on any atom is 0.172 e. The van der Waals surface area contributed by atoms with Crippen LogP contribution in [0.3, 0.4) is 0 Å².